The maximum atomic E-state index is 12.1. The van der Waals surface area contributed by atoms with Crippen LogP contribution >= 0.6 is 0 Å². The first kappa shape index (κ1) is 21.0. The third-order valence-electron chi connectivity index (χ3n) is 5.32. The second kappa shape index (κ2) is 10.2. The topological polar surface area (TPSA) is 70.7 Å². The quantitative estimate of drug-likeness (QED) is 0.583. The molecular formula is C23H29N3O3. The van der Waals surface area contributed by atoms with Crippen molar-refractivity contribution in [1.29, 1.82) is 0 Å². The average Bonchev–Trinajstić information content (AvgIpc) is 2.75. The first-order valence-electron chi connectivity index (χ1n) is 10.1. The molecule has 6 nitrogen and oxygen atoms in total. The fourth-order valence-electron chi connectivity index (χ4n) is 3.43. The van der Waals surface area contributed by atoms with Crippen molar-refractivity contribution in [1.82, 2.24) is 10.2 Å². The lowest BCUT2D eigenvalue weighted by atomic mass is 10.1. The van der Waals surface area contributed by atoms with Gasteiger partial charge in [-0.15, -0.1) is 0 Å². The molecule has 2 aromatic rings. The SMILES string of the molecule is Cc1cccc(NC(=O)C(=O)NCCCN2CCOC(c3ccccc3)C2)c1C. The van der Waals surface area contributed by atoms with Crippen molar-refractivity contribution in [2.75, 3.05) is 38.1 Å². The lowest BCUT2D eigenvalue weighted by molar-refractivity contribution is -0.136. The largest absolute Gasteiger partial charge is 0.371 e. The van der Waals surface area contributed by atoms with Crippen LogP contribution < -0.4 is 10.6 Å². The van der Waals surface area contributed by atoms with E-state index in [4.69, 9.17) is 4.74 Å². The van der Waals surface area contributed by atoms with E-state index in [1.54, 1.807) is 6.07 Å². The molecular weight excluding hydrogens is 366 g/mol. The Hall–Kier alpha value is -2.70. The summed E-state index contributed by atoms with van der Waals surface area (Å²) < 4.78 is 5.88. The summed E-state index contributed by atoms with van der Waals surface area (Å²) >= 11 is 0. The third-order valence-corrected chi connectivity index (χ3v) is 5.32. The minimum absolute atomic E-state index is 0.0860. The molecule has 154 valence electrons. The molecule has 1 aliphatic rings. The van der Waals surface area contributed by atoms with Crippen LogP contribution in [0.25, 0.3) is 0 Å². The number of amides is 2. The molecule has 6 heteroatoms. The smallest absolute Gasteiger partial charge is 0.313 e. The Morgan fingerprint density at radius 3 is 2.66 bits per heavy atom. The number of anilines is 1. The summed E-state index contributed by atoms with van der Waals surface area (Å²) in [5, 5.41) is 5.40. The molecule has 0 radical (unpaired) electrons. The second-order valence-corrected chi connectivity index (χ2v) is 7.38. The highest BCUT2D eigenvalue weighted by Gasteiger charge is 2.21. The minimum Gasteiger partial charge on any atom is -0.371 e. The van der Waals surface area contributed by atoms with Crippen LogP contribution in [0.2, 0.25) is 0 Å². The number of aryl methyl sites for hydroxylation is 1. The van der Waals surface area contributed by atoms with Crippen LogP contribution in [0.15, 0.2) is 48.5 Å². The zero-order valence-electron chi connectivity index (χ0n) is 17.1. The molecule has 0 bridgehead atoms. The standard InChI is InChI=1S/C23H29N3O3/c1-17-8-6-11-20(18(17)2)25-23(28)22(27)24-12-7-13-26-14-15-29-21(16-26)19-9-4-3-5-10-19/h3-6,8-11,21H,7,12-16H2,1-2H3,(H,24,27)(H,25,28). The van der Waals surface area contributed by atoms with Gasteiger partial charge in [-0.1, -0.05) is 42.5 Å². The Morgan fingerprint density at radius 2 is 1.86 bits per heavy atom. The molecule has 29 heavy (non-hydrogen) atoms. The lowest BCUT2D eigenvalue weighted by Gasteiger charge is -2.33. The Balaban J connectivity index is 1.39. The van der Waals surface area contributed by atoms with Crippen molar-refractivity contribution in [3.8, 4) is 0 Å². The zero-order chi connectivity index (χ0) is 20.6. The molecule has 1 saturated heterocycles. The van der Waals surface area contributed by atoms with E-state index in [-0.39, 0.29) is 6.10 Å². The molecule has 0 aliphatic carbocycles. The van der Waals surface area contributed by atoms with Crippen molar-refractivity contribution in [2.24, 2.45) is 0 Å². The average molecular weight is 396 g/mol. The number of carbonyl (C=O) groups excluding carboxylic acids is 2. The Kier molecular flexibility index (Phi) is 7.38. The normalized spacial score (nSPS) is 17.0. The molecule has 1 aliphatic heterocycles. The predicted molar refractivity (Wildman–Crippen MR) is 114 cm³/mol. The van der Waals surface area contributed by atoms with Gasteiger partial charge in [0.25, 0.3) is 0 Å². The summed E-state index contributed by atoms with van der Waals surface area (Å²) in [4.78, 5) is 26.5. The zero-order valence-corrected chi connectivity index (χ0v) is 17.1. The number of nitrogens with zero attached hydrogens (tertiary/aromatic N) is 1. The molecule has 0 saturated carbocycles. The van der Waals surface area contributed by atoms with Crippen LogP contribution in [-0.2, 0) is 14.3 Å². The van der Waals surface area contributed by atoms with Crippen LogP contribution in [0.4, 0.5) is 5.69 Å². The summed E-state index contributed by atoms with van der Waals surface area (Å²) in [7, 11) is 0. The summed E-state index contributed by atoms with van der Waals surface area (Å²) in [5.74, 6) is -1.23. The number of morpholine rings is 1. The van der Waals surface area contributed by atoms with Gasteiger partial charge in [-0.25, -0.2) is 0 Å². The van der Waals surface area contributed by atoms with E-state index in [0.717, 1.165) is 37.2 Å². The van der Waals surface area contributed by atoms with Gasteiger partial charge < -0.3 is 15.4 Å². The number of benzene rings is 2. The minimum atomic E-state index is -0.630. The summed E-state index contributed by atoms with van der Waals surface area (Å²) in [6.07, 6.45) is 0.868. The number of ether oxygens (including phenoxy) is 1. The van der Waals surface area contributed by atoms with Gasteiger partial charge in [0, 0.05) is 31.9 Å². The van der Waals surface area contributed by atoms with E-state index in [2.05, 4.69) is 27.7 Å². The van der Waals surface area contributed by atoms with E-state index < -0.39 is 11.8 Å². The first-order chi connectivity index (χ1) is 14.0. The monoisotopic (exact) mass is 395 g/mol. The maximum absolute atomic E-state index is 12.1. The van der Waals surface area contributed by atoms with Crippen molar-refractivity contribution in [3.63, 3.8) is 0 Å². The summed E-state index contributed by atoms with van der Waals surface area (Å²) in [6.45, 7) is 7.63. The highest BCUT2D eigenvalue weighted by molar-refractivity contribution is 6.39. The van der Waals surface area contributed by atoms with E-state index in [9.17, 15) is 9.59 Å². The summed E-state index contributed by atoms with van der Waals surface area (Å²) in [5.41, 5.74) is 3.90. The predicted octanol–water partition coefficient (Wildman–Crippen LogP) is 2.82. The van der Waals surface area contributed by atoms with E-state index in [0.29, 0.717) is 18.8 Å². The van der Waals surface area contributed by atoms with Crippen LogP contribution in [0, 0.1) is 13.8 Å². The highest BCUT2D eigenvalue weighted by atomic mass is 16.5. The molecule has 1 heterocycles. The van der Waals surface area contributed by atoms with Crippen molar-refractivity contribution < 1.29 is 14.3 Å². The lowest BCUT2D eigenvalue weighted by Crippen LogP contribution is -2.41. The van der Waals surface area contributed by atoms with Crippen LogP contribution in [0.1, 0.15) is 29.2 Å². The molecule has 2 aromatic carbocycles. The molecule has 1 atom stereocenters. The van der Waals surface area contributed by atoms with Gasteiger partial charge in [0.1, 0.15) is 0 Å². The molecule has 2 amide bonds. The molecule has 1 unspecified atom stereocenters. The molecule has 3 rings (SSSR count). The highest BCUT2D eigenvalue weighted by Crippen LogP contribution is 2.22. The van der Waals surface area contributed by atoms with Crippen molar-refractivity contribution in [2.45, 2.75) is 26.4 Å². The molecule has 0 aromatic heterocycles. The number of hydrogen-bond donors (Lipinski definition) is 2. The van der Waals surface area contributed by atoms with Crippen LogP contribution in [-0.4, -0.2) is 49.5 Å². The Bertz CT molecular complexity index is 839. The third kappa shape index (κ3) is 5.89. The molecule has 0 spiro atoms. The van der Waals surface area contributed by atoms with Gasteiger partial charge in [-0.2, -0.15) is 0 Å². The molecule has 1 fully saturated rings. The maximum Gasteiger partial charge on any atom is 0.313 e. The van der Waals surface area contributed by atoms with E-state index >= 15 is 0 Å². The van der Waals surface area contributed by atoms with Gasteiger partial charge >= 0.3 is 11.8 Å². The number of rotatable bonds is 6. The van der Waals surface area contributed by atoms with Gasteiger partial charge in [-0.3, -0.25) is 14.5 Å². The number of hydrogen-bond acceptors (Lipinski definition) is 4. The fourth-order valence-corrected chi connectivity index (χ4v) is 3.43. The van der Waals surface area contributed by atoms with Crippen LogP contribution in [0.3, 0.4) is 0 Å². The van der Waals surface area contributed by atoms with Gasteiger partial charge in [0.2, 0.25) is 0 Å². The van der Waals surface area contributed by atoms with Crippen molar-refractivity contribution >= 4 is 17.5 Å². The van der Waals surface area contributed by atoms with Crippen LogP contribution in [0.5, 0.6) is 0 Å². The van der Waals surface area contributed by atoms with Gasteiger partial charge in [0.15, 0.2) is 0 Å². The molecule has 2 N–H and O–H groups in total. The Labute approximate surface area is 172 Å². The summed E-state index contributed by atoms with van der Waals surface area (Å²) in [6, 6.07) is 15.9. The van der Waals surface area contributed by atoms with E-state index in [1.807, 2.05) is 44.2 Å². The second-order valence-electron chi connectivity index (χ2n) is 7.38. The van der Waals surface area contributed by atoms with Gasteiger partial charge in [0.05, 0.1) is 12.7 Å². The number of nitrogens with one attached hydrogen (secondary N) is 2. The van der Waals surface area contributed by atoms with Gasteiger partial charge in [-0.05, 0) is 43.0 Å². The van der Waals surface area contributed by atoms with E-state index in [1.165, 1.54) is 5.56 Å². The van der Waals surface area contributed by atoms with Crippen molar-refractivity contribution in [3.05, 3.63) is 65.2 Å². The Morgan fingerprint density at radius 1 is 1.07 bits per heavy atom. The first-order valence-corrected chi connectivity index (χ1v) is 10.1. The number of carbonyl (C=O) groups is 2. The fraction of sp³-hybridized carbons (Fsp3) is 0.391.